The molecule has 0 atom stereocenters. The summed E-state index contributed by atoms with van der Waals surface area (Å²) in [6.45, 7) is 0. The Morgan fingerprint density at radius 3 is 1.85 bits per heavy atom. The molecule has 2 nitrogen and oxygen atoms in total. The van der Waals surface area contributed by atoms with Crippen LogP contribution in [0.4, 0.5) is 0 Å². The van der Waals surface area contributed by atoms with Crippen molar-refractivity contribution in [3.63, 3.8) is 0 Å². The molecule has 0 N–H and O–H groups in total. The molecule has 4 heteroatoms. The molecule has 0 radical (unpaired) electrons. The van der Waals surface area contributed by atoms with Crippen LogP contribution in [0.5, 0.6) is 0 Å². The lowest BCUT2D eigenvalue weighted by atomic mass is 10.1. The van der Waals surface area contributed by atoms with Gasteiger partial charge in [0.05, 0.1) is 16.2 Å². The quantitative estimate of drug-likeness (QED) is 0.465. The Morgan fingerprint density at radius 2 is 1.40 bits per heavy atom. The molecule has 0 aromatic heterocycles. The first-order valence-corrected chi connectivity index (χ1v) is 9.17. The van der Waals surface area contributed by atoms with Gasteiger partial charge in [0.1, 0.15) is 0 Å². The zero-order chi connectivity index (χ0) is 14.5. The van der Waals surface area contributed by atoms with Crippen LogP contribution in [0.2, 0.25) is 0 Å². The lowest BCUT2D eigenvalue weighted by Crippen LogP contribution is -2.25. The van der Waals surface area contributed by atoms with Gasteiger partial charge in [-0.3, -0.25) is 0 Å². The normalized spacial score (nSPS) is 18.1. The number of unbranched alkanes of at least 4 members (excludes halogenated alkanes) is 2. The van der Waals surface area contributed by atoms with Crippen LogP contribution in [0, 0.1) is 22.7 Å². The molecule has 0 spiro atoms. The third-order valence-corrected chi connectivity index (χ3v) is 6.82. The van der Waals surface area contributed by atoms with E-state index < -0.39 is 0 Å². The van der Waals surface area contributed by atoms with Crippen molar-refractivity contribution in [2.45, 2.75) is 49.0 Å². The summed E-state index contributed by atoms with van der Waals surface area (Å²) in [5.74, 6) is 2.55. The second-order valence-corrected chi connectivity index (χ2v) is 8.02. The summed E-state index contributed by atoms with van der Waals surface area (Å²) >= 11 is 4.25. The molecule has 1 aliphatic rings. The zero-order valence-electron chi connectivity index (χ0n) is 11.9. The number of nitriles is 2. The van der Waals surface area contributed by atoms with E-state index in [9.17, 15) is 0 Å². The number of hydrogen-bond acceptors (Lipinski definition) is 4. The summed E-state index contributed by atoms with van der Waals surface area (Å²) in [7, 11) is 0. The lowest BCUT2D eigenvalue weighted by Gasteiger charge is -2.36. The average molecular weight is 307 g/mol. The molecule has 1 aliphatic heterocycles. The number of thioether (sulfide) groups is 2. The van der Waals surface area contributed by atoms with Gasteiger partial charge in [-0.25, -0.2) is 0 Å². The minimum Gasteiger partial charge on any atom is -0.193 e. The number of nitrogens with zero attached hydrogens (tertiary/aromatic N) is 2. The summed E-state index contributed by atoms with van der Waals surface area (Å²) in [6, 6.07) is 4.09. The Kier molecular flexibility index (Phi) is 9.37. The van der Waals surface area contributed by atoms with Gasteiger partial charge in [0.2, 0.25) is 0 Å². The summed E-state index contributed by atoms with van der Waals surface area (Å²) in [5.41, 5.74) is 0. The fraction of sp³-hybridized carbons (Fsp3) is 0.625. The maximum absolute atomic E-state index is 8.48. The van der Waals surface area contributed by atoms with Gasteiger partial charge in [-0.05, 0) is 56.5 Å². The van der Waals surface area contributed by atoms with Crippen molar-refractivity contribution >= 4 is 23.5 Å². The molecule has 0 amide bonds. The maximum Gasteiger partial charge on any atom is 0.0908 e. The van der Waals surface area contributed by atoms with Gasteiger partial charge in [-0.15, -0.1) is 23.5 Å². The highest BCUT2D eigenvalue weighted by Crippen LogP contribution is 2.49. The highest BCUT2D eigenvalue weighted by atomic mass is 32.2. The first kappa shape index (κ1) is 17.2. The lowest BCUT2D eigenvalue weighted by molar-refractivity contribution is 0.599. The van der Waals surface area contributed by atoms with Crippen LogP contribution < -0.4 is 0 Å². The monoisotopic (exact) mass is 306 g/mol. The van der Waals surface area contributed by atoms with E-state index in [1.54, 1.807) is 12.2 Å². The molecule has 0 bridgehead atoms. The van der Waals surface area contributed by atoms with Crippen molar-refractivity contribution in [1.82, 2.24) is 0 Å². The van der Waals surface area contributed by atoms with E-state index in [1.807, 2.05) is 24.3 Å². The van der Waals surface area contributed by atoms with Crippen molar-refractivity contribution in [3.8, 4) is 12.1 Å². The first-order valence-electron chi connectivity index (χ1n) is 7.20. The number of rotatable bonds is 8. The highest BCUT2D eigenvalue weighted by molar-refractivity contribution is 8.18. The topological polar surface area (TPSA) is 47.6 Å². The van der Waals surface area contributed by atoms with Crippen LogP contribution in [-0.2, 0) is 0 Å². The summed E-state index contributed by atoms with van der Waals surface area (Å²) in [4.78, 5) is 0. The SMILES string of the molecule is N#C/C=C\CCCC1(CCC/C=C\C#N)SCCCS1. The van der Waals surface area contributed by atoms with E-state index in [0.29, 0.717) is 4.08 Å². The van der Waals surface area contributed by atoms with Gasteiger partial charge in [0.25, 0.3) is 0 Å². The van der Waals surface area contributed by atoms with Crippen LogP contribution in [-0.4, -0.2) is 15.6 Å². The first-order chi connectivity index (χ1) is 9.83. The molecule has 1 heterocycles. The van der Waals surface area contributed by atoms with E-state index in [1.165, 1.54) is 30.8 Å². The molecule has 108 valence electrons. The molecule has 1 rings (SSSR count). The van der Waals surface area contributed by atoms with Gasteiger partial charge in [-0.2, -0.15) is 10.5 Å². The zero-order valence-corrected chi connectivity index (χ0v) is 13.5. The van der Waals surface area contributed by atoms with Crippen molar-refractivity contribution < 1.29 is 0 Å². The predicted octanol–water partition coefficient (Wildman–Crippen LogP) is 5.05. The van der Waals surface area contributed by atoms with Crippen LogP contribution in [0.3, 0.4) is 0 Å². The Morgan fingerprint density at radius 1 is 0.900 bits per heavy atom. The molecule has 20 heavy (non-hydrogen) atoms. The van der Waals surface area contributed by atoms with Crippen LogP contribution in [0.25, 0.3) is 0 Å². The molecular formula is C16H22N2S2. The molecule has 1 fully saturated rings. The Bertz CT molecular complexity index is 364. The van der Waals surface area contributed by atoms with E-state index in [2.05, 4.69) is 23.5 Å². The minimum absolute atomic E-state index is 0.374. The summed E-state index contributed by atoms with van der Waals surface area (Å²) in [6.07, 6.45) is 15.2. The van der Waals surface area contributed by atoms with Gasteiger partial charge < -0.3 is 0 Å². The van der Waals surface area contributed by atoms with E-state index in [4.69, 9.17) is 10.5 Å². The molecule has 0 aromatic carbocycles. The van der Waals surface area contributed by atoms with Crippen molar-refractivity contribution in [3.05, 3.63) is 24.3 Å². The molecule has 0 unspecified atom stereocenters. The minimum atomic E-state index is 0.374. The third kappa shape index (κ3) is 7.08. The Hall–Kier alpha value is -0.840. The standard InChI is InChI=1S/C16H22N2S2/c17-12-7-3-1-5-10-16(19-14-9-15-20-16)11-6-2-4-8-13-18/h3-4,7-8H,1-2,5-6,9-11,14-15H2/b7-3-,8-4-. The molecular weight excluding hydrogens is 284 g/mol. The fourth-order valence-corrected chi connectivity index (χ4v) is 5.77. The molecule has 0 aromatic rings. The summed E-state index contributed by atoms with van der Waals surface area (Å²) in [5, 5.41) is 17.0. The number of allylic oxidation sites excluding steroid dienone is 4. The fourth-order valence-electron chi connectivity index (χ4n) is 2.28. The molecule has 1 saturated heterocycles. The van der Waals surface area contributed by atoms with Gasteiger partial charge in [-0.1, -0.05) is 12.2 Å². The average Bonchev–Trinajstić information content (AvgIpc) is 2.48. The predicted molar refractivity (Wildman–Crippen MR) is 89.5 cm³/mol. The Labute approximate surface area is 131 Å². The van der Waals surface area contributed by atoms with Gasteiger partial charge >= 0.3 is 0 Å². The smallest absolute Gasteiger partial charge is 0.0908 e. The Balaban J connectivity index is 2.37. The van der Waals surface area contributed by atoms with Crippen LogP contribution in [0.1, 0.15) is 44.9 Å². The van der Waals surface area contributed by atoms with Gasteiger partial charge in [0, 0.05) is 12.2 Å². The second-order valence-electron chi connectivity index (χ2n) is 4.81. The van der Waals surface area contributed by atoms with Crippen LogP contribution >= 0.6 is 23.5 Å². The van der Waals surface area contributed by atoms with Crippen molar-refractivity contribution in [2.75, 3.05) is 11.5 Å². The van der Waals surface area contributed by atoms with Gasteiger partial charge in [0.15, 0.2) is 0 Å². The van der Waals surface area contributed by atoms with E-state index >= 15 is 0 Å². The highest BCUT2D eigenvalue weighted by Gasteiger charge is 2.32. The molecule has 0 saturated carbocycles. The van der Waals surface area contributed by atoms with Crippen molar-refractivity contribution in [1.29, 1.82) is 10.5 Å². The molecule has 0 aliphatic carbocycles. The summed E-state index contributed by atoms with van der Waals surface area (Å²) < 4.78 is 0.374. The van der Waals surface area contributed by atoms with Crippen molar-refractivity contribution in [2.24, 2.45) is 0 Å². The van der Waals surface area contributed by atoms with E-state index in [-0.39, 0.29) is 0 Å². The third-order valence-electron chi connectivity index (χ3n) is 3.26. The maximum atomic E-state index is 8.48. The largest absolute Gasteiger partial charge is 0.193 e. The second kappa shape index (κ2) is 10.9. The van der Waals surface area contributed by atoms with Crippen LogP contribution in [0.15, 0.2) is 24.3 Å². The van der Waals surface area contributed by atoms with E-state index in [0.717, 1.165) is 25.7 Å². The number of hydrogen-bond donors (Lipinski definition) is 0.